The van der Waals surface area contributed by atoms with Crippen molar-refractivity contribution < 1.29 is 9.18 Å². The molecule has 0 unspecified atom stereocenters. The van der Waals surface area contributed by atoms with Gasteiger partial charge in [0.1, 0.15) is 11.6 Å². The quantitative estimate of drug-likeness (QED) is 0.572. The zero-order valence-electron chi connectivity index (χ0n) is 16.6. The lowest BCUT2D eigenvalue weighted by molar-refractivity contribution is 0.254. The molecule has 154 valence electrons. The van der Waals surface area contributed by atoms with Gasteiger partial charge in [-0.1, -0.05) is 17.7 Å². The molecule has 2 amide bonds. The molecule has 30 heavy (non-hydrogen) atoms. The molecule has 2 aromatic carbocycles. The van der Waals surface area contributed by atoms with Gasteiger partial charge < -0.3 is 10.6 Å². The Hall–Kier alpha value is -3.16. The van der Waals surface area contributed by atoms with Crippen LogP contribution < -0.4 is 20.4 Å². The van der Waals surface area contributed by atoms with E-state index in [0.29, 0.717) is 28.8 Å². The molecule has 0 spiro atoms. The highest BCUT2D eigenvalue weighted by molar-refractivity contribution is 6.31. The van der Waals surface area contributed by atoms with Gasteiger partial charge in [-0.2, -0.15) is 0 Å². The van der Waals surface area contributed by atoms with Crippen molar-refractivity contribution >= 4 is 40.5 Å². The molecule has 4 rings (SSSR count). The number of anilines is 4. The molecule has 0 saturated carbocycles. The molecule has 0 saturated heterocycles. The first-order valence-electron chi connectivity index (χ1n) is 9.52. The number of aromatic nitrogens is 1. The van der Waals surface area contributed by atoms with Gasteiger partial charge in [0.05, 0.1) is 11.4 Å². The highest BCUT2D eigenvalue weighted by Gasteiger charge is 2.33. The predicted molar refractivity (Wildman–Crippen MR) is 119 cm³/mol. The van der Waals surface area contributed by atoms with Gasteiger partial charge in [0.2, 0.25) is 0 Å². The Morgan fingerprint density at radius 2 is 1.90 bits per heavy atom. The number of carbonyl (C=O) groups is 1. The number of urea groups is 1. The summed E-state index contributed by atoms with van der Waals surface area (Å²) in [5.74, 6) is -0.0182. The van der Waals surface area contributed by atoms with Gasteiger partial charge in [0, 0.05) is 48.2 Å². The van der Waals surface area contributed by atoms with Crippen LogP contribution in [0, 0.1) is 5.82 Å². The van der Waals surface area contributed by atoms with E-state index in [4.69, 9.17) is 11.6 Å². The second-order valence-corrected chi connectivity index (χ2v) is 7.35. The molecule has 0 atom stereocenters. The van der Waals surface area contributed by atoms with E-state index in [-0.39, 0.29) is 5.69 Å². The number of rotatable bonds is 5. The molecule has 3 aromatic rings. The number of halogens is 2. The number of hydrogen-bond donors (Lipinski definition) is 2. The normalized spacial score (nSPS) is 13.0. The fourth-order valence-electron chi connectivity index (χ4n) is 3.50. The van der Waals surface area contributed by atoms with Crippen LogP contribution in [0.1, 0.15) is 0 Å². The van der Waals surface area contributed by atoms with E-state index in [9.17, 15) is 4.79 Å². The molecular weight excluding hydrogens is 405 g/mol. The predicted octanol–water partition coefficient (Wildman–Crippen LogP) is 4.88. The number of benzene rings is 2. The third kappa shape index (κ3) is 3.58. The van der Waals surface area contributed by atoms with Crippen LogP contribution in [0.4, 0.5) is 32.1 Å². The van der Waals surface area contributed by atoms with Crippen LogP contribution in [0.2, 0.25) is 5.02 Å². The Morgan fingerprint density at radius 3 is 2.67 bits per heavy atom. The number of pyridine rings is 1. The van der Waals surface area contributed by atoms with Gasteiger partial charge in [-0.15, -0.1) is 0 Å². The van der Waals surface area contributed by atoms with Crippen LogP contribution in [-0.2, 0) is 0 Å². The van der Waals surface area contributed by atoms with Gasteiger partial charge in [0.25, 0.3) is 0 Å². The van der Waals surface area contributed by atoms with Crippen LogP contribution in [0.3, 0.4) is 0 Å². The molecule has 0 bridgehead atoms. The number of hydrogen-bond acceptors (Lipinski definition) is 4. The van der Waals surface area contributed by atoms with Crippen LogP contribution in [-0.4, -0.2) is 38.2 Å². The number of amides is 2. The van der Waals surface area contributed by atoms with Gasteiger partial charge in [0.15, 0.2) is 0 Å². The minimum Gasteiger partial charge on any atom is -0.384 e. The average molecular weight is 426 g/mol. The summed E-state index contributed by atoms with van der Waals surface area (Å²) < 4.78 is 15.2. The third-order valence-electron chi connectivity index (χ3n) is 4.97. The van der Waals surface area contributed by atoms with Crippen molar-refractivity contribution in [2.75, 3.05) is 42.3 Å². The van der Waals surface area contributed by atoms with E-state index in [2.05, 4.69) is 15.6 Å². The minimum absolute atomic E-state index is 0.141. The molecule has 0 radical (unpaired) electrons. The molecule has 1 aliphatic heterocycles. The molecule has 6 nitrogen and oxygen atoms in total. The van der Waals surface area contributed by atoms with E-state index in [1.165, 1.54) is 15.9 Å². The average Bonchev–Trinajstić information content (AvgIpc) is 2.83. The number of likely N-dealkylation sites (N-methyl/N-ethyl adjacent to an activating group) is 1. The zero-order chi connectivity index (χ0) is 21.3. The van der Waals surface area contributed by atoms with Crippen molar-refractivity contribution in [2.24, 2.45) is 0 Å². The topological polar surface area (TPSA) is 60.5 Å². The standard InChI is InChI=1S/C22H21ClFN5O/c1-25-10-11-26-15-6-8-19(18(24)13-15)29-20-12-14(23)5-7-16(20)17-4-3-9-27-21(17)28(2)22(29)30/h3-9,12-13,25-26H,10-11H2,1-2H3. The SMILES string of the molecule is CNCCNc1ccc(N2C(=O)N(C)c3ncccc3-c3ccc(Cl)cc32)c(F)c1. The Kier molecular flexibility index (Phi) is 5.57. The maximum absolute atomic E-state index is 15.2. The first-order chi connectivity index (χ1) is 14.5. The van der Waals surface area contributed by atoms with Crippen molar-refractivity contribution in [2.45, 2.75) is 0 Å². The fraction of sp³-hybridized carbons (Fsp3) is 0.182. The number of nitrogens with zero attached hydrogens (tertiary/aromatic N) is 3. The summed E-state index contributed by atoms with van der Waals surface area (Å²) in [5, 5.41) is 6.62. The van der Waals surface area contributed by atoms with Crippen LogP contribution in [0.25, 0.3) is 11.1 Å². The summed E-state index contributed by atoms with van der Waals surface area (Å²) in [6.45, 7) is 1.40. The summed E-state index contributed by atoms with van der Waals surface area (Å²) in [7, 11) is 3.47. The molecule has 0 fully saturated rings. The van der Waals surface area contributed by atoms with E-state index in [1.807, 2.05) is 19.2 Å². The van der Waals surface area contributed by atoms with Gasteiger partial charge in [-0.3, -0.25) is 9.80 Å². The largest absolute Gasteiger partial charge is 0.384 e. The smallest absolute Gasteiger partial charge is 0.334 e. The molecule has 1 aliphatic rings. The van der Waals surface area contributed by atoms with E-state index in [1.54, 1.807) is 43.6 Å². The maximum atomic E-state index is 15.2. The second-order valence-electron chi connectivity index (χ2n) is 6.91. The zero-order valence-corrected chi connectivity index (χ0v) is 17.4. The number of fused-ring (bicyclic) bond motifs is 3. The first kappa shape index (κ1) is 20.1. The third-order valence-corrected chi connectivity index (χ3v) is 5.20. The lowest BCUT2D eigenvalue weighted by Gasteiger charge is -2.26. The van der Waals surface area contributed by atoms with E-state index in [0.717, 1.165) is 17.7 Å². The van der Waals surface area contributed by atoms with Gasteiger partial charge in [-0.25, -0.2) is 14.2 Å². The number of nitrogens with one attached hydrogen (secondary N) is 2. The summed E-state index contributed by atoms with van der Waals surface area (Å²) >= 11 is 6.25. The van der Waals surface area contributed by atoms with Crippen LogP contribution in [0.15, 0.2) is 54.7 Å². The molecule has 2 N–H and O–H groups in total. The molecule has 0 aliphatic carbocycles. The van der Waals surface area contributed by atoms with Crippen molar-refractivity contribution in [3.05, 3.63) is 65.6 Å². The molecule has 2 heterocycles. The van der Waals surface area contributed by atoms with Crippen molar-refractivity contribution in [3.63, 3.8) is 0 Å². The Labute approximate surface area is 179 Å². The summed E-state index contributed by atoms with van der Waals surface area (Å²) in [5.41, 5.74) is 2.80. The number of carbonyl (C=O) groups excluding carboxylic acids is 1. The monoisotopic (exact) mass is 425 g/mol. The van der Waals surface area contributed by atoms with Crippen LogP contribution in [0.5, 0.6) is 0 Å². The summed E-state index contributed by atoms with van der Waals surface area (Å²) in [6.07, 6.45) is 1.63. The molecule has 1 aromatic heterocycles. The molecule has 8 heteroatoms. The van der Waals surface area contributed by atoms with Gasteiger partial charge >= 0.3 is 6.03 Å². The summed E-state index contributed by atoms with van der Waals surface area (Å²) in [6, 6.07) is 13.2. The Morgan fingerprint density at radius 1 is 1.07 bits per heavy atom. The Balaban J connectivity index is 1.84. The first-order valence-corrected chi connectivity index (χ1v) is 9.90. The van der Waals surface area contributed by atoms with Crippen molar-refractivity contribution in [3.8, 4) is 11.1 Å². The highest BCUT2D eigenvalue weighted by atomic mass is 35.5. The summed E-state index contributed by atoms with van der Waals surface area (Å²) in [4.78, 5) is 20.5. The lowest BCUT2D eigenvalue weighted by Crippen LogP contribution is -2.38. The van der Waals surface area contributed by atoms with Crippen LogP contribution >= 0.6 is 11.6 Å². The lowest BCUT2D eigenvalue weighted by atomic mass is 10.0. The second kappa shape index (κ2) is 8.30. The highest BCUT2D eigenvalue weighted by Crippen LogP contribution is 2.44. The maximum Gasteiger partial charge on any atom is 0.334 e. The minimum atomic E-state index is -0.518. The molecular formula is C22H21ClFN5O. The van der Waals surface area contributed by atoms with E-state index < -0.39 is 11.8 Å². The Bertz CT molecular complexity index is 1110. The fourth-order valence-corrected chi connectivity index (χ4v) is 3.66. The van der Waals surface area contributed by atoms with Gasteiger partial charge in [-0.05, 0) is 49.5 Å². The van der Waals surface area contributed by atoms with E-state index >= 15 is 4.39 Å². The van der Waals surface area contributed by atoms with Crippen molar-refractivity contribution in [1.29, 1.82) is 0 Å². The van der Waals surface area contributed by atoms with Crippen molar-refractivity contribution in [1.82, 2.24) is 10.3 Å².